The van der Waals surface area contributed by atoms with Gasteiger partial charge >= 0.3 is 11.4 Å². The maximum Gasteiger partial charge on any atom is 0.422 e. The number of ketones is 1. The molecule has 0 saturated heterocycles. The molecule has 0 spiro atoms. The molecular weight excluding hydrogens is 359 g/mol. The molecule has 0 saturated carbocycles. The first kappa shape index (κ1) is 14.9. The molecule has 0 aliphatic carbocycles. The van der Waals surface area contributed by atoms with Crippen molar-refractivity contribution in [3.8, 4) is 0 Å². The van der Waals surface area contributed by atoms with Crippen molar-refractivity contribution in [2.45, 2.75) is 0 Å². The molecule has 0 radical (unpaired) electrons. The summed E-state index contributed by atoms with van der Waals surface area (Å²) < 4.78 is 19.9. The number of aromatic amines is 1. The van der Waals surface area contributed by atoms with Crippen LogP contribution in [0.4, 0.5) is 4.39 Å². The Bertz CT molecular complexity index is 1240. The van der Waals surface area contributed by atoms with Gasteiger partial charge in [0, 0.05) is 5.39 Å². The van der Waals surface area contributed by atoms with Crippen molar-refractivity contribution in [2.75, 3.05) is 0 Å². The van der Waals surface area contributed by atoms with Crippen LogP contribution in [0.25, 0.3) is 16.6 Å². The van der Waals surface area contributed by atoms with Crippen molar-refractivity contribution in [1.82, 2.24) is 9.38 Å². The summed E-state index contributed by atoms with van der Waals surface area (Å²) >= 11 is 6.96. The summed E-state index contributed by atoms with van der Waals surface area (Å²) in [4.78, 5) is 38.8. The van der Waals surface area contributed by atoms with Crippen LogP contribution in [0.15, 0.2) is 43.7 Å². The third-order valence-corrected chi connectivity index (χ3v) is 4.70. The maximum absolute atomic E-state index is 13.9. The molecule has 3 aromatic heterocycles. The highest BCUT2D eigenvalue weighted by atomic mass is 35.5. The van der Waals surface area contributed by atoms with Crippen molar-refractivity contribution in [2.24, 2.45) is 0 Å². The zero-order valence-corrected chi connectivity index (χ0v) is 13.2. The Hall–Kier alpha value is -2.71. The maximum atomic E-state index is 13.9. The lowest BCUT2D eigenvalue weighted by Crippen LogP contribution is -2.24. The number of aromatic nitrogens is 2. The van der Waals surface area contributed by atoms with Gasteiger partial charge in [-0.15, -0.1) is 11.3 Å². The lowest BCUT2D eigenvalue weighted by atomic mass is 10.1. The number of fused-ring (bicyclic) bond motifs is 3. The van der Waals surface area contributed by atoms with E-state index in [-0.39, 0.29) is 27.2 Å². The minimum absolute atomic E-state index is 0.0637. The molecule has 0 amide bonds. The second kappa shape index (κ2) is 5.15. The van der Waals surface area contributed by atoms with Gasteiger partial charge in [-0.05, 0) is 23.6 Å². The molecular formula is C15H6ClFN2O4S. The van der Waals surface area contributed by atoms with Crippen LogP contribution >= 0.6 is 22.9 Å². The van der Waals surface area contributed by atoms with Crippen LogP contribution in [0.3, 0.4) is 0 Å². The second-order valence-electron chi connectivity index (χ2n) is 4.93. The molecule has 4 aromatic rings. The van der Waals surface area contributed by atoms with Gasteiger partial charge in [0.25, 0.3) is 0 Å². The molecule has 0 aliphatic heterocycles. The number of carbonyl (C=O) groups is 1. The summed E-state index contributed by atoms with van der Waals surface area (Å²) in [5.41, 5.74) is -0.953. The molecule has 0 aliphatic rings. The van der Waals surface area contributed by atoms with Gasteiger partial charge in [0.05, 0.1) is 21.0 Å². The molecule has 1 aromatic carbocycles. The highest BCUT2D eigenvalue weighted by Crippen LogP contribution is 2.31. The zero-order chi connectivity index (χ0) is 17.0. The van der Waals surface area contributed by atoms with E-state index in [0.29, 0.717) is 4.88 Å². The summed E-state index contributed by atoms with van der Waals surface area (Å²) in [6.45, 7) is 0. The van der Waals surface area contributed by atoms with Crippen molar-refractivity contribution < 1.29 is 13.6 Å². The Kier molecular flexibility index (Phi) is 3.19. The average molecular weight is 365 g/mol. The van der Waals surface area contributed by atoms with Crippen molar-refractivity contribution in [3.05, 3.63) is 72.0 Å². The minimum Gasteiger partial charge on any atom is -0.391 e. The van der Waals surface area contributed by atoms with E-state index in [1.54, 1.807) is 17.5 Å². The second-order valence-corrected chi connectivity index (χ2v) is 6.28. The summed E-state index contributed by atoms with van der Waals surface area (Å²) in [5, 5.41) is 1.62. The predicted octanol–water partition coefficient (Wildman–Crippen LogP) is 2.82. The molecule has 1 N–H and O–H groups in total. The Morgan fingerprint density at radius 2 is 2.12 bits per heavy atom. The zero-order valence-electron chi connectivity index (χ0n) is 11.6. The van der Waals surface area contributed by atoms with Crippen molar-refractivity contribution in [3.63, 3.8) is 0 Å². The summed E-state index contributed by atoms with van der Waals surface area (Å²) in [7, 11) is 0. The molecule has 120 valence electrons. The Balaban J connectivity index is 2.25. The van der Waals surface area contributed by atoms with Crippen LogP contribution in [0.1, 0.15) is 15.2 Å². The smallest absolute Gasteiger partial charge is 0.391 e. The first-order valence-corrected chi connectivity index (χ1v) is 7.88. The average Bonchev–Trinajstić information content (AvgIpc) is 3.13. The van der Waals surface area contributed by atoms with E-state index in [1.807, 2.05) is 4.98 Å². The van der Waals surface area contributed by atoms with Gasteiger partial charge in [-0.1, -0.05) is 17.7 Å². The van der Waals surface area contributed by atoms with Gasteiger partial charge in [0.15, 0.2) is 0 Å². The van der Waals surface area contributed by atoms with Crippen LogP contribution in [0.2, 0.25) is 5.02 Å². The highest BCUT2D eigenvalue weighted by Gasteiger charge is 2.25. The summed E-state index contributed by atoms with van der Waals surface area (Å²) in [5.74, 6) is -2.24. The van der Waals surface area contributed by atoms with Gasteiger partial charge in [-0.2, -0.15) is 0 Å². The SMILES string of the molecule is O=C(c1cccs1)c1c2cc(F)c(Cl)cc2n2c(=O)[nH]c(=O)oc12. The van der Waals surface area contributed by atoms with E-state index in [9.17, 15) is 18.8 Å². The van der Waals surface area contributed by atoms with E-state index in [1.165, 1.54) is 17.4 Å². The lowest BCUT2D eigenvalue weighted by molar-refractivity contribution is 0.104. The number of hydrogen-bond donors (Lipinski definition) is 1. The molecule has 3 heterocycles. The third-order valence-electron chi connectivity index (χ3n) is 3.54. The van der Waals surface area contributed by atoms with Gasteiger partial charge < -0.3 is 4.42 Å². The van der Waals surface area contributed by atoms with E-state index < -0.39 is 23.0 Å². The van der Waals surface area contributed by atoms with E-state index in [0.717, 1.165) is 10.5 Å². The molecule has 0 unspecified atom stereocenters. The van der Waals surface area contributed by atoms with Crippen molar-refractivity contribution >= 4 is 45.3 Å². The lowest BCUT2D eigenvalue weighted by Gasteiger charge is -1.98. The summed E-state index contributed by atoms with van der Waals surface area (Å²) in [6.07, 6.45) is 0. The topological polar surface area (TPSA) is 84.5 Å². The fraction of sp³-hybridized carbons (Fsp3) is 0. The number of rotatable bonds is 2. The highest BCUT2D eigenvalue weighted by molar-refractivity contribution is 7.12. The number of nitrogens with one attached hydrogen (secondary N) is 1. The first-order chi connectivity index (χ1) is 11.5. The van der Waals surface area contributed by atoms with Gasteiger partial charge in [-0.25, -0.2) is 23.4 Å². The largest absolute Gasteiger partial charge is 0.422 e. The fourth-order valence-electron chi connectivity index (χ4n) is 2.56. The predicted molar refractivity (Wildman–Crippen MR) is 86.8 cm³/mol. The number of benzene rings is 1. The van der Waals surface area contributed by atoms with Gasteiger partial charge in [0.2, 0.25) is 11.5 Å². The van der Waals surface area contributed by atoms with E-state index in [4.69, 9.17) is 16.0 Å². The fourth-order valence-corrected chi connectivity index (χ4v) is 3.39. The number of nitrogens with zero attached hydrogens (tertiary/aromatic N) is 1. The van der Waals surface area contributed by atoms with Gasteiger partial charge in [0.1, 0.15) is 5.82 Å². The quantitative estimate of drug-likeness (QED) is 0.554. The number of carbonyl (C=O) groups excluding carboxylic acids is 1. The van der Waals surface area contributed by atoms with Crippen LogP contribution in [0.5, 0.6) is 0 Å². The standard InChI is InChI=1S/C15H6ClFN2O4S/c16-7-5-9-6(4-8(7)17)11(12(20)10-2-1-3-24-10)13-19(9)14(21)18-15(22)23-13/h1-5H,(H,18,21,22). The number of hydrogen-bond acceptors (Lipinski definition) is 5. The van der Waals surface area contributed by atoms with Crippen LogP contribution in [-0.4, -0.2) is 15.2 Å². The first-order valence-electron chi connectivity index (χ1n) is 6.62. The molecule has 0 bridgehead atoms. The molecule has 6 nitrogen and oxygen atoms in total. The molecule has 9 heteroatoms. The Morgan fingerprint density at radius 1 is 1.33 bits per heavy atom. The van der Waals surface area contributed by atoms with Crippen LogP contribution in [-0.2, 0) is 0 Å². The Morgan fingerprint density at radius 3 is 2.83 bits per heavy atom. The monoisotopic (exact) mass is 364 g/mol. The third kappa shape index (κ3) is 2.04. The van der Waals surface area contributed by atoms with E-state index in [2.05, 4.69) is 0 Å². The molecule has 0 fully saturated rings. The van der Waals surface area contributed by atoms with Crippen LogP contribution in [0, 0.1) is 5.82 Å². The number of H-pyrrole nitrogens is 1. The molecule has 24 heavy (non-hydrogen) atoms. The summed E-state index contributed by atoms with van der Waals surface area (Å²) in [6, 6.07) is 5.52. The van der Waals surface area contributed by atoms with Crippen LogP contribution < -0.4 is 11.4 Å². The normalized spacial score (nSPS) is 11.4. The Labute approximate surface area is 140 Å². The van der Waals surface area contributed by atoms with Gasteiger partial charge in [-0.3, -0.25) is 4.79 Å². The number of halogens is 2. The van der Waals surface area contributed by atoms with E-state index >= 15 is 0 Å². The number of thiophene rings is 1. The minimum atomic E-state index is -1.01. The van der Waals surface area contributed by atoms with Crippen molar-refractivity contribution in [1.29, 1.82) is 0 Å². The molecule has 4 rings (SSSR count). The molecule has 0 atom stereocenters.